The molecule has 3 rings (SSSR count). The van der Waals surface area contributed by atoms with Gasteiger partial charge in [-0.15, -0.1) is 11.3 Å². The predicted octanol–water partition coefficient (Wildman–Crippen LogP) is 8.11. The summed E-state index contributed by atoms with van der Waals surface area (Å²) >= 11 is 8.64. The highest BCUT2D eigenvalue weighted by molar-refractivity contribution is 7.32. The highest BCUT2D eigenvalue weighted by atomic mass is 35.5. The molecule has 0 amide bonds. The second kappa shape index (κ2) is 7.50. The summed E-state index contributed by atoms with van der Waals surface area (Å²) in [6.45, 7) is 14.6. The zero-order valence-electron chi connectivity index (χ0n) is 16.6. The van der Waals surface area contributed by atoms with Crippen molar-refractivity contribution in [2.45, 2.75) is 58.2 Å². The number of hydrogen-bond acceptors (Lipinski definition) is 1. The standard InChI is InChI=1S/C23H29ClSSi/c1-15(2)26(16(3)4,17(5)6)22-14-20-21(24)13-12-19(23(20)25-22)18-10-8-7-9-11-18/h7-17H,1-6H3. The summed E-state index contributed by atoms with van der Waals surface area (Å²) in [5.41, 5.74) is 4.69. The highest BCUT2D eigenvalue weighted by Crippen LogP contribution is 2.45. The van der Waals surface area contributed by atoms with Crippen LogP contribution in [0.5, 0.6) is 0 Å². The third-order valence-corrected chi connectivity index (χ3v) is 15.4. The fraction of sp³-hybridized carbons (Fsp3) is 0.391. The van der Waals surface area contributed by atoms with E-state index in [1.54, 1.807) is 4.50 Å². The molecule has 0 unspecified atom stereocenters. The molecule has 0 bridgehead atoms. The quantitative estimate of drug-likeness (QED) is 0.379. The van der Waals surface area contributed by atoms with Crippen molar-refractivity contribution in [3.05, 3.63) is 53.6 Å². The minimum absolute atomic E-state index is 0.703. The number of rotatable bonds is 5. The van der Waals surface area contributed by atoms with Gasteiger partial charge in [0.05, 0.1) is 0 Å². The van der Waals surface area contributed by atoms with Crippen molar-refractivity contribution in [3.8, 4) is 11.1 Å². The fourth-order valence-corrected chi connectivity index (χ4v) is 15.5. The summed E-state index contributed by atoms with van der Waals surface area (Å²) in [5, 5.41) is 2.10. The Hall–Kier alpha value is -1.09. The van der Waals surface area contributed by atoms with Crippen LogP contribution in [0.4, 0.5) is 0 Å². The largest absolute Gasteiger partial charge is 0.144 e. The van der Waals surface area contributed by atoms with Crippen LogP contribution in [0, 0.1) is 0 Å². The molecule has 3 heteroatoms. The Kier molecular flexibility index (Phi) is 5.67. The summed E-state index contributed by atoms with van der Waals surface area (Å²) < 4.78 is 2.95. The molecule has 0 aliphatic rings. The lowest BCUT2D eigenvalue weighted by molar-refractivity contribution is 0.837. The molecule has 138 valence electrons. The third kappa shape index (κ3) is 3.06. The number of benzene rings is 2. The van der Waals surface area contributed by atoms with Crippen LogP contribution >= 0.6 is 22.9 Å². The van der Waals surface area contributed by atoms with Gasteiger partial charge in [0.2, 0.25) is 0 Å². The molecule has 0 spiro atoms. The molecule has 2 aromatic carbocycles. The van der Waals surface area contributed by atoms with E-state index >= 15 is 0 Å². The molecule has 0 aliphatic carbocycles. The van der Waals surface area contributed by atoms with E-state index in [9.17, 15) is 0 Å². The Morgan fingerprint density at radius 1 is 0.808 bits per heavy atom. The molecule has 0 saturated carbocycles. The lowest BCUT2D eigenvalue weighted by atomic mass is 10.0. The Bertz CT molecular complexity index is 871. The van der Waals surface area contributed by atoms with E-state index in [0.29, 0.717) is 16.6 Å². The summed E-state index contributed by atoms with van der Waals surface area (Å²) in [6.07, 6.45) is 0. The van der Waals surface area contributed by atoms with Crippen LogP contribution in [0.3, 0.4) is 0 Å². The average molecular weight is 401 g/mol. The molecular weight excluding hydrogens is 372 g/mol. The Morgan fingerprint density at radius 2 is 1.38 bits per heavy atom. The molecule has 1 heterocycles. The second-order valence-corrected chi connectivity index (χ2v) is 15.9. The van der Waals surface area contributed by atoms with Crippen LogP contribution < -0.4 is 4.50 Å². The minimum atomic E-state index is -1.67. The molecule has 0 radical (unpaired) electrons. The van der Waals surface area contributed by atoms with E-state index in [4.69, 9.17) is 11.6 Å². The SMILES string of the molecule is CC(C)[Si](c1cc2c(Cl)ccc(-c3ccccc3)c2s1)(C(C)C)C(C)C. The number of fused-ring (bicyclic) bond motifs is 1. The van der Waals surface area contributed by atoms with Gasteiger partial charge in [-0.2, -0.15) is 0 Å². The molecule has 3 aromatic rings. The van der Waals surface area contributed by atoms with Gasteiger partial charge in [-0.1, -0.05) is 89.5 Å². The lowest BCUT2D eigenvalue weighted by Gasteiger charge is -2.42. The van der Waals surface area contributed by atoms with Gasteiger partial charge >= 0.3 is 0 Å². The normalized spacial score (nSPS) is 12.7. The fourth-order valence-electron chi connectivity index (χ4n) is 5.00. The van der Waals surface area contributed by atoms with Gasteiger partial charge in [-0.3, -0.25) is 0 Å². The summed E-state index contributed by atoms with van der Waals surface area (Å²) in [5.74, 6) is 0. The zero-order chi connectivity index (χ0) is 19.1. The van der Waals surface area contributed by atoms with Crippen molar-refractivity contribution in [3.63, 3.8) is 0 Å². The average Bonchev–Trinajstić information content (AvgIpc) is 3.01. The number of hydrogen-bond donors (Lipinski definition) is 0. The predicted molar refractivity (Wildman–Crippen MR) is 123 cm³/mol. The number of thiophene rings is 1. The maximum absolute atomic E-state index is 6.64. The molecule has 0 N–H and O–H groups in total. The van der Waals surface area contributed by atoms with Crippen LogP contribution in [0.25, 0.3) is 21.2 Å². The maximum Gasteiger partial charge on any atom is 0.107 e. The molecule has 0 saturated heterocycles. The monoisotopic (exact) mass is 400 g/mol. The lowest BCUT2D eigenvalue weighted by Crippen LogP contribution is -2.54. The van der Waals surface area contributed by atoms with Gasteiger partial charge in [0.25, 0.3) is 0 Å². The van der Waals surface area contributed by atoms with Crippen molar-refractivity contribution in [1.29, 1.82) is 0 Å². The van der Waals surface area contributed by atoms with Gasteiger partial charge in [-0.25, -0.2) is 0 Å². The van der Waals surface area contributed by atoms with E-state index in [1.165, 1.54) is 21.2 Å². The number of halogens is 1. The van der Waals surface area contributed by atoms with E-state index in [1.807, 2.05) is 11.3 Å². The minimum Gasteiger partial charge on any atom is -0.144 e. The summed E-state index contributed by atoms with van der Waals surface area (Å²) in [4.78, 5) is 0. The Morgan fingerprint density at radius 3 is 1.92 bits per heavy atom. The van der Waals surface area contributed by atoms with Crippen molar-refractivity contribution < 1.29 is 0 Å². The second-order valence-electron chi connectivity index (χ2n) is 8.21. The van der Waals surface area contributed by atoms with Gasteiger partial charge in [0.15, 0.2) is 0 Å². The first kappa shape index (κ1) is 19.7. The van der Waals surface area contributed by atoms with Crippen LogP contribution in [0.2, 0.25) is 21.6 Å². The highest BCUT2D eigenvalue weighted by Gasteiger charge is 2.45. The molecule has 0 aliphatic heterocycles. The summed E-state index contributed by atoms with van der Waals surface area (Å²) in [6, 6.07) is 17.4. The Labute approximate surface area is 168 Å². The van der Waals surface area contributed by atoms with Crippen molar-refractivity contribution >= 4 is 45.6 Å². The first-order valence-corrected chi connectivity index (χ1v) is 13.0. The van der Waals surface area contributed by atoms with Crippen LogP contribution in [-0.2, 0) is 0 Å². The van der Waals surface area contributed by atoms with Crippen LogP contribution in [0.1, 0.15) is 41.5 Å². The molecular formula is C23H29ClSSi. The molecule has 1 aromatic heterocycles. The summed E-state index contributed by atoms with van der Waals surface area (Å²) in [7, 11) is -1.67. The zero-order valence-corrected chi connectivity index (χ0v) is 19.2. The van der Waals surface area contributed by atoms with E-state index in [0.717, 1.165) is 5.02 Å². The van der Waals surface area contributed by atoms with E-state index in [-0.39, 0.29) is 0 Å². The topological polar surface area (TPSA) is 0 Å². The van der Waals surface area contributed by atoms with Crippen molar-refractivity contribution in [2.75, 3.05) is 0 Å². The van der Waals surface area contributed by atoms with Gasteiger partial charge in [-0.05, 0) is 44.4 Å². The maximum atomic E-state index is 6.64. The van der Waals surface area contributed by atoms with Crippen LogP contribution in [0.15, 0.2) is 48.5 Å². The smallest absolute Gasteiger partial charge is 0.107 e. The first-order valence-electron chi connectivity index (χ1n) is 9.58. The molecule has 0 nitrogen and oxygen atoms in total. The van der Waals surface area contributed by atoms with Crippen LogP contribution in [-0.4, -0.2) is 8.07 Å². The van der Waals surface area contributed by atoms with E-state index < -0.39 is 8.07 Å². The molecule has 0 atom stereocenters. The van der Waals surface area contributed by atoms with E-state index in [2.05, 4.69) is 90.1 Å². The molecule has 0 fully saturated rings. The third-order valence-electron chi connectivity index (χ3n) is 6.01. The molecule has 26 heavy (non-hydrogen) atoms. The van der Waals surface area contributed by atoms with Gasteiger partial charge < -0.3 is 0 Å². The van der Waals surface area contributed by atoms with Crippen molar-refractivity contribution in [1.82, 2.24) is 0 Å². The van der Waals surface area contributed by atoms with Gasteiger partial charge in [0, 0.05) is 15.1 Å². The van der Waals surface area contributed by atoms with Crippen molar-refractivity contribution in [2.24, 2.45) is 0 Å². The first-order chi connectivity index (χ1) is 12.3. The van der Waals surface area contributed by atoms with Gasteiger partial charge in [0.1, 0.15) is 8.07 Å². The Balaban J connectivity index is 2.31.